The van der Waals surface area contributed by atoms with Crippen molar-refractivity contribution in [1.29, 1.82) is 0 Å². The number of aliphatic hydroxyl groups excluding tert-OH is 1. The maximum absolute atomic E-state index is 12.9. The average Bonchev–Trinajstić information content (AvgIpc) is 3.23. The Morgan fingerprint density at radius 2 is 1.15 bits per heavy atom. The number of aromatic carboxylic acids is 1. The van der Waals surface area contributed by atoms with Crippen molar-refractivity contribution in [2.45, 2.75) is 23.6 Å². The molecule has 0 saturated heterocycles. The van der Waals surface area contributed by atoms with Gasteiger partial charge in [-0.2, -0.15) is 21.9 Å². The molecule has 7 aromatic rings. The summed E-state index contributed by atoms with van der Waals surface area (Å²) >= 11 is 0. The minimum atomic E-state index is -5.03. The molecule has 3 radical (unpaired) electrons. The van der Waals surface area contributed by atoms with E-state index in [-0.39, 0.29) is 150 Å². The van der Waals surface area contributed by atoms with E-state index in [0.717, 1.165) is 17.7 Å². The fourth-order valence-electron chi connectivity index (χ4n) is 6.45. The molecule has 0 aliphatic carbocycles. The number of anilines is 2. The monoisotopic (exact) mass is 972 g/mol. The number of carbonyl (C=O) groups excluding carboxylic acids is 1. The largest absolute Gasteiger partial charge is 0.505 e. The van der Waals surface area contributed by atoms with Crippen LogP contribution in [0, 0.1) is 13.8 Å². The molecule has 0 aromatic heterocycles. The molecule has 0 fully saturated rings. The molecule has 24 heteroatoms. The third-order valence-electron chi connectivity index (χ3n) is 9.78. The zero-order valence-corrected chi connectivity index (χ0v) is 43.8. The first-order valence-electron chi connectivity index (χ1n) is 18.5. The number of aryl methyl sites for hydroxylation is 2. The van der Waals surface area contributed by atoms with Gasteiger partial charge in [-0.15, -0.1) is 15.3 Å². The predicted octanol–water partition coefficient (Wildman–Crippen LogP) is 8.37. The van der Waals surface area contributed by atoms with Crippen molar-refractivity contribution in [3.63, 3.8) is 0 Å². The summed E-state index contributed by atoms with van der Waals surface area (Å²) < 4.78 is 70.0. The molecule has 0 spiro atoms. The Hall–Kier alpha value is -5.11. The number of fused-ring (bicyclic) bond motifs is 2. The maximum Gasteiger partial charge on any atom is 0.337 e. The van der Waals surface area contributed by atoms with Gasteiger partial charge in [-0.3, -0.25) is 13.9 Å². The summed E-state index contributed by atoms with van der Waals surface area (Å²) in [6, 6.07) is 24.9. The minimum absolute atomic E-state index is 0. The van der Waals surface area contributed by atoms with Crippen LogP contribution in [0.1, 0.15) is 37.4 Å². The number of benzene rings is 7. The summed E-state index contributed by atoms with van der Waals surface area (Å²) in [5, 5.41) is 61.3. The van der Waals surface area contributed by atoms with Crippen LogP contribution in [0.25, 0.3) is 21.5 Å². The summed E-state index contributed by atoms with van der Waals surface area (Å²) in [4.78, 5) is 27.0. The van der Waals surface area contributed by atoms with Crippen LogP contribution in [-0.4, -0.2) is 153 Å². The second-order valence-corrected chi connectivity index (χ2v) is 16.9. The first-order valence-corrected chi connectivity index (χ1v) is 21.3. The zero-order chi connectivity index (χ0) is 46.2. The van der Waals surface area contributed by atoms with Gasteiger partial charge in [-0.25, -0.2) is 9.79 Å². The average molecular weight is 973 g/mol. The quantitative estimate of drug-likeness (QED) is 0.0151. The van der Waals surface area contributed by atoms with Crippen molar-refractivity contribution in [3.05, 3.63) is 137 Å². The molecule has 0 saturated carbocycles. The Morgan fingerprint density at radius 3 is 1.72 bits per heavy atom. The van der Waals surface area contributed by atoms with Crippen LogP contribution in [0.15, 0.2) is 144 Å². The Balaban J connectivity index is 0.00000327. The van der Waals surface area contributed by atoms with Crippen LogP contribution in [0.4, 0.5) is 39.8 Å². The van der Waals surface area contributed by atoms with Crippen LogP contribution in [0.5, 0.6) is 11.5 Å². The van der Waals surface area contributed by atoms with Crippen molar-refractivity contribution in [1.82, 2.24) is 0 Å². The van der Waals surface area contributed by atoms with Crippen LogP contribution >= 0.6 is 0 Å². The van der Waals surface area contributed by atoms with E-state index in [1.807, 2.05) is 0 Å². The van der Waals surface area contributed by atoms with Gasteiger partial charge >= 0.3 is 5.97 Å². The van der Waals surface area contributed by atoms with Gasteiger partial charge in [0.25, 0.3) is 26.1 Å². The molecule has 0 aliphatic rings. The molecular weight excluding hydrogens is 940 g/mol. The molecule has 0 bridgehead atoms. The van der Waals surface area contributed by atoms with E-state index in [1.54, 1.807) is 26.0 Å². The van der Waals surface area contributed by atoms with E-state index in [1.165, 1.54) is 84.9 Å². The topological polar surface area (TPSA) is 324 Å². The molecule has 327 valence electrons. The SMILES string of the molecule is Cc1ccc(C(=O)Nc2ccc3c(O)c(N=Nc4ccc(C(O)=Nc5ccc6c(O)c(N=Nc7ccccc7C(=O)O)c(S(=O)(=O)O)cc6c5)cc4C)c(S(=O)(=O)O)cc3c2)cc1N.[Na].[Na].[Na]. The predicted molar refractivity (Wildman–Crippen MR) is 253 cm³/mol. The molecule has 0 atom stereocenters. The van der Waals surface area contributed by atoms with Gasteiger partial charge in [-0.05, 0) is 127 Å². The van der Waals surface area contributed by atoms with Crippen LogP contribution in [-0.2, 0) is 20.2 Å². The number of aromatic hydroxyl groups is 2. The number of carbonyl (C=O) groups is 2. The second kappa shape index (κ2) is 21.9. The number of nitrogens with two attached hydrogens (primary N) is 1. The Morgan fingerprint density at radius 1 is 0.597 bits per heavy atom. The van der Waals surface area contributed by atoms with Crippen LogP contribution in [0.3, 0.4) is 0 Å². The number of aliphatic hydroxyl groups is 1. The number of phenolic OH excluding ortho intramolecular Hbond substituents is 2. The van der Waals surface area contributed by atoms with Crippen molar-refractivity contribution in [3.8, 4) is 11.5 Å². The fourth-order valence-corrected chi connectivity index (χ4v) is 7.77. The van der Waals surface area contributed by atoms with Gasteiger partial charge < -0.3 is 31.5 Å². The summed E-state index contributed by atoms with van der Waals surface area (Å²) in [6.45, 7) is 3.37. The molecule has 7 rings (SSSR count). The first-order chi connectivity index (χ1) is 30.2. The molecule has 0 unspecified atom stereocenters. The number of hydrogen-bond donors (Lipinski definition) is 8. The van der Waals surface area contributed by atoms with Crippen LogP contribution in [0.2, 0.25) is 0 Å². The number of carboxylic acid groups (broad SMARTS) is 1. The van der Waals surface area contributed by atoms with Crippen molar-refractivity contribution in [2.75, 3.05) is 11.1 Å². The van der Waals surface area contributed by atoms with Gasteiger partial charge in [0.05, 0.1) is 16.9 Å². The normalized spacial score (nSPS) is 11.9. The number of amides is 1. The molecule has 0 aliphatic heterocycles. The summed E-state index contributed by atoms with van der Waals surface area (Å²) in [6.07, 6.45) is 0. The third-order valence-corrected chi connectivity index (χ3v) is 11.5. The van der Waals surface area contributed by atoms with E-state index in [0.29, 0.717) is 11.3 Å². The number of carboxylic acids is 1. The first kappa shape index (κ1) is 54.5. The van der Waals surface area contributed by atoms with Crippen molar-refractivity contribution < 1.29 is 56.0 Å². The molecule has 19 nitrogen and oxygen atoms in total. The number of nitrogens with one attached hydrogen (secondary N) is 1. The molecule has 0 heterocycles. The second-order valence-electron chi connectivity index (χ2n) is 14.1. The molecule has 67 heavy (non-hydrogen) atoms. The standard InChI is InChI=1S/C43H33N7O12S2.3Na/c1-21-7-8-24(18-32(21)44)42(54)46-28-11-13-29-26(17-28)19-35(63(57,58)59)37(39(29)51)49-47-33-14-9-23(15-22(33)2)41(53)45-27-10-12-30-25(16-27)20-36(64(60,61)62)38(40(30)52)50-48-34-6-4-3-5-31(34)43(55)56;;;/h3-20,51-52H,44H2,1-2H3,(H,45,53)(H,46,54)(H,55,56)(H,57,58,59)(H,60,61,62);;;. The number of aliphatic imine (C=N–C) groups is 1. The van der Waals surface area contributed by atoms with Crippen molar-refractivity contribution in [2.24, 2.45) is 25.4 Å². The maximum atomic E-state index is 12.9. The molecular formula is C43H33N7Na3O12S2. The fraction of sp³-hybridized carbons (Fsp3) is 0.0465. The Kier molecular flexibility index (Phi) is 17.8. The van der Waals surface area contributed by atoms with Gasteiger partial charge in [0.2, 0.25) is 5.90 Å². The summed E-state index contributed by atoms with van der Waals surface area (Å²) in [5.41, 5.74) is 6.81. The number of nitrogen functional groups attached to an aromatic ring is 1. The van der Waals surface area contributed by atoms with Crippen molar-refractivity contribution >= 4 is 188 Å². The zero-order valence-electron chi connectivity index (χ0n) is 36.2. The number of rotatable bonds is 11. The van der Waals surface area contributed by atoms with E-state index in [4.69, 9.17) is 5.73 Å². The number of azo groups is 2. The van der Waals surface area contributed by atoms with Crippen LogP contribution < -0.4 is 11.1 Å². The van der Waals surface area contributed by atoms with E-state index in [9.17, 15) is 56.0 Å². The Labute approximate surface area is 448 Å². The van der Waals surface area contributed by atoms with E-state index < -0.39 is 70.7 Å². The molecule has 9 N–H and O–H groups in total. The Bertz CT molecular complexity index is 3460. The molecule has 7 aromatic carbocycles. The van der Waals surface area contributed by atoms with E-state index >= 15 is 0 Å². The third kappa shape index (κ3) is 12.1. The number of phenols is 2. The van der Waals surface area contributed by atoms with Gasteiger partial charge in [0, 0.05) is 122 Å². The smallest absolute Gasteiger partial charge is 0.337 e. The summed E-state index contributed by atoms with van der Waals surface area (Å²) in [5.74, 6) is -3.69. The van der Waals surface area contributed by atoms with Gasteiger partial charge in [-0.1, -0.05) is 18.2 Å². The number of nitrogens with zero attached hydrogens (tertiary/aromatic N) is 5. The number of hydrogen-bond acceptors (Lipinski definition) is 14. The summed E-state index contributed by atoms with van der Waals surface area (Å²) in [7, 11) is -10.0. The molecule has 1 amide bonds. The van der Waals surface area contributed by atoms with Gasteiger partial charge in [0.1, 0.15) is 26.9 Å². The van der Waals surface area contributed by atoms with E-state index in [2.05, 4.69) is 30.8 Å². The minimum Gasteiger partial charge on any atom is -0.505 e. The van der Waals surface area contributed by atoms with Gasteiger partial charge in [0.15, 0.2) is 11.5 Å².